The van der Waals surface area contributed by atoms with E-state index in [1.165, 1.54) is 6.08 Å². The number of hydrogen-bond donors (Lipinski definition) is 3. The van der Waals surface area contributed by atoms with Crippen molar-refractivity contribution in [1.29, 1.82) is 0 Å². The first-order valence-electron chi connectivity index (χ1n) is 10.2. The molecule has 0 saturated carbocycles. The van der Waals surface area contributed by atoms with Gasteiger partial charge in [0.1, 0.15) is 0 Å². The Morgan fingerprint density at radius 2 is 1.52 bits per heavy atom. The SMILES string of the molecule is C[C@@H]1CCC/C=C/C=C/[C@H](O)C[C@@H](O)C/C=C\C=C\[C@@H](O)C/C=C/C=CC(=O)O1. The molecule has 0 aromatic rings. The molecule has 0 bridgehead atoms. The maximum Gasteiger partial charge on any atom is 0.331 e. The van der Waals surface area contributed by atoms with Crippen molar-refractivity contribution in [2.45, 2.75) is 69.9 Å². The Bertz CT molecular complexity index is 627. The largest absolute Gasteiger partial charge is 0.460 e. The van der Waals surface area contributed by atoms with Gasteiger partial charge in [0, 0.05) is 12.5 Å². The maximum absolute atomic E-state index is 11.7. The third kappa shape index (κ3) is 14.4. The number of aliphatic hydroxyl groups is 3. The summed E-state index contributed by atoms with van der Waals surface area (Å²) in [6.45, 7) is 1.87. The van der Waals surface area contributed by atoms with Crippen molar-refractivity contribution in [3.63, 3.8) is 0 Å². The van der Waals surface area contributed by atoms with Crippen LogP contribution >= 0.6 is 0 Å². The van der Waals surface area contributed by atoms with Gasteiger partial charge in [-0.05, 0) is 39.0 Å². The Hall–Kier alpha value is -2.21. The zero-order valence-corrected chi connectivity index (χ0v) is 17.1. The fraction of sp³-hybridized carbons (Fsp3) is 0.458. The van der Waals surface area contributed by atoms with Gasteiger partial charge in [-0.1, -0.05) is 66.8 Å². The van der Waals surface area contributed by atoms with Gasteiger partial charge < -0.3 is 20.1 Å². The van der Waals surface area contributed by atoms with Gasteiger partial charge >= 0.3 is 5.97 Å². The number of cyclic esters (lactones) is 1. The van der Waals surface area contributed by atoms with Crippen LogP contribution in [0.4, 0.5) is 0 Å². The average Bonchev–Trinajstić information content (AvgIpc) is 2.65. The van der Waals surface area contributed by atoms with Crippen molar-refractivity contribution in [1.82, 2.24) is 0 Å². The molecule has 0 unspecified atom stereocenters. The van der Waals surface area contributed by atoms with Gasteiger partial charge in [0.05, 0.1) is 24.4 Å². The second-order valence-corrected chi connectivity index (χ2v) is 7.09. The Morgan fingerprint density at radius 1 is 0.862 bits per heavy atom. The minimum absolute atomic E-state index is 0.158. The van der Waals surface area contributed by atoms with Gasteiger partial charge in [-0.3, -0.25) is 0 Å². The molecule has 1 aliphatic heterocycles. The van der Waals surface area contributed by atoms with Crippen LogP contribution in [0.15, 0.2) is 72.9 Å². The highest BCUT2D eigenvalue weighted by Crippen LogP contribution is 2.08. The molecule has 1 aliphatic rings. The zero-order valence-electron chi connectivity index (χ0n) is 17.1. The standard InChI is InChI=1S/C24H34O5/c1-20-13-7-3-2-4-8-16-22(26)19-23(27)17-11-5-9-14-21(25)15-10-6-12-18-24(28)29-20/h2,4-6,8-12,14,16,18,20-23,25-27H,3,7,13,15,17,19H2,1H3/b4-2+,10-6+,11-5-,14-9+,16-8+,18-12?/t20-,21-,22+,23+/m1/s1. The predicted molar refractivity (Wildman–Crippen MR) is 116 cm³/mol. The molecule has 1 heterocycles. The molecule has 4 atom stereocenters. The summed E-state index contributed by atoms with van der Waals surface area (Å²) in [5.41, 5.74) is 0. The number of esters is 1. The summed E-state index contributed by atoms with van der Waals surface area (Å²) in [5, 5.41) is 29.8. The Kier molecular flexibility index (Phi) is 13.4. The highest BCUT2D eigenvalue weighted by atomic mass is 16.5. The monoisotopic (exact) mass is 402 g/mol. The van der Waals surface area contributed by atoms with Crippen LogP contribution in [0, 0.1) is 0 Å². The lowest BCUT2D eigenvalue weighted by atomic mass is 10.1. The van der Waals surface area contributed by atoms with Crippen molar-refractivity contribution < 1.29 is 24.9 Å². The molecule has 0 aromatic heterocycles. The zero-order chi connectivity index (χ0) is 21.3. The molecule has 5 heteroatoms. The molecule has 0 aliphatic carbocycles. The summed E-state index contributed by atoms with van der Waals surface area (Å²) in [7, 11) is 0. The van der Waals surface area contributed by atoms with Gasteiger partial charge in [-0.15, -0.1) is 0 Å². The highest BCUT2D eigenvalue weighted by molar-refractivity contribution is 5.82. The molecule has 1 rings (SSSR count). The third-order valence-electron chi connectivity index (χ3n) is 4.24. The fourth-order valence-corrected chi connectivity index (χ4v) is 2.66. The van der Waals surface area contributed by atoms with Crippen LogP contribution in [0.25, 0.3) is 0 Å². The molecule has 0 amide bonds. The number of hydrogen-bond acceptors (Lipinski definition) is 5. The number of ether oxygens (including phenoxy) is 1. The third-order valence-corrected chi connectivity index (χ3v) is 4.24. The van der Waals surface area contributed by atoms with E-state index < -0.39 is 18.3 Å². The molecule has 0 radical (unpaired) electrons. The van der Waals surface area contributed by atoms with Gasteiger partial charge in [-0.2, -0.15) is 0 Å². The fourth-order valence-electron chi connectivity index (χ4n) is 2.66. The molecule has 160 valence electrons. The van der Waals surface area contributed by atoms with E-state index in [4.69, 9.17) is 4.74 Å². The average molecular weight is 403 g/mol. The lowest BCUT2D eigenvalue weighted by Gasteiger charge is -2.10. The van der Waals surface area contributed by atoms with Crippen molar-refractivity contribution in [3.05, 3.63) is 72.9 Å². The number of rotatable bonds is 0. The van der Waals surface area contributed by atoms with E-state index in [1.54, 1.807) is 54.7 Å². The maximum atomic E-state index is 11.7. The molecular formula is C24H34O5. The van der Waals surface area contributed by atoms with Crippen molar-refractivity contribution in [2.75, 3.05) is 0 Å². The molecule has 5 nitrogen and oxygen atoms in total. The normalized spacial score (nSPS) is 34.3. The summed E-state index contributed by atoms with van der Waals surface area (Å²) in [5.74, 6) is -0.378. The predicted octanol–water partition coefficient (Wildman–Crippen LogP) is 3.69. The Labute approximate surface area is 174 Å². The molecule has 0 fully saturated rings. The number of allylic oxidation sites excluding steroid dienone is 7. The van der Waals surface area contributed by atoms with Crippen LogP contribution in [0.2, 0.25) is 0 Å². The molecule has 0 aromatic carbocycles. The van der Waals surface area contributed by atoms with E-state index in [9.17, 15) is 20.1 Å². The van der Waals surface area contributed by atoms with Gasteiger partial charge in [0.2, 0.25) is 0 Å². The summed E-state index contributed by atoms with van der Waals surface area (Å²) in [6.07, 6.45) is 22.2. The van der Waals surface area contributed by atoms with Crippen LogP contribution in [-0.4, -0.2) is 45.7 Å². The molecule has 0 spiro atoms. The van der Waals surface area contributed by atoms with Crippen molar-refractivity contribution >= 4 is 5.97 Å². The lowest BCUT2D eigenvalue weighted by molar-refractivity contribution is -0.142. The summed E-state index contributed by atoms with van der Waals surface area (Å²) in [6, 6.07) is 0. The summed E-state index contributed by atoms with van der Waals surface area (Å²) < 4.78 is 5.31. The number of carbonyl (C=O) groups excluding carboxylic acids is 1. The van der Waals surface area contributed by atoms with E-state index in [-0.39, 0.29) is 18.5 Å². The van der Waals surface area contributed by atoms with Gasteiger partial charge in [-0.25, -0.2) is 4.79 Å². The molecular weight excluding hydrogens is 368 g/mol. The van der Waals surface area contributed by atoms with Crippen molar-refractivity contribution in [3.8, 4) is 0 Å². The van der Waals surface area contributed by atoms with Crippen molar-refractivity contribution in [2.24, 2.45) is 0 Å². The summed E-state index contributed by atoms with van der Waals surface area (Å²) >= 11 is 0. The second-order valence-electron chi connectivity index (χ2n) is 7.09. The van der Waals surface area contributed by atoms with Crippen LogP contribution in [-0.2, 0) is 9.53 Å². The van der Waals surface area contributed by atoms with Gasteiger partial charge in [0.15, 0.2) is 0 Å². The molecule has 0 saturated heterocycles. The van der Waals surface area contributed by atoms with Crippen LogP contribution in [0.5, 0.6) is 0 Å². The number of aliphatic hydroxyl groups excluding tert-OH is 3. The first kappa shape index (κ1) is 24.8. The van der Waals surface area contributed by atoms with E-state index in [2.05, 4.69) is 0 Å². The minimum atomic E-state index is -0.703. The van der Waals surface area contributed by atoms with Crippen LogP contribution in [0.3, 0.4) is 0 Å². The first-order chi connectivity index (χ1) is 14.0. The van der Waals surface area contributed by atoms with E-state index in [1.807, 2.05) is 19.1 Å². The first-order valence-corrected chi connectivity index (χ1v) is 10.2. The molecule has 29 heavy (non-hydrogen) atoms. The minimum Gasteiger partial charge on any atom is -0.460 e. The molecule has 3 N–H and O–H groups in total. The summed E-state index contributed by atoms with van der Waals surface area (Å²) in [4.78, 5) is 11.7. The van der Waals surface area contributed by atoms with E-state index in [0.717, 1.165) is 19.3 Å². The van der Waals surface area contributed by atoms with Crippen LogP contribution in [0.1, 0.15) is 45.4 Å². The smallest absolute Gasteiger partial charge is 0.331 e. The van der Waals surface area contributed by atoms with E-state index in [0.29, 0.717) is 12.8 Å². The Balaban J connectivity index is 2.66. The van der Waals surface area contributed by atoms with Gasteiger partial charge in [0.25, 0.3) is 0 Å². The van der Waals surface area contributed by atoms with Crippen LogP contribution < -0.4 is 0 Å². The second kappa shape index (κ2) is 15.7. The Morgan fingerprint density at radius 3 is 2.31 bits per heavy atom. The number of carbonyl (C=O) groups is 1. The van der Waals surface area contributed by atoms with E-state index >= 15 is 0 Å². The highest BCUT2D eigenvalue weighted by Gasteiger charge is 2.07. The quantitative estimate of drug-likeness (QED) is 0.538. The lowest BCUT2D eigenvalue weighted by Crippen LogP contribution is -2.14. The topological polar surface area (TPSA) is 87.0 Å².